The van der Waals surface area contributed by atoms with Crippen molar-refractivity contribution in [1.29, 1.82) is 0 Å². The molecule has 0 bridgehead atoms. The Morgan fingerprint density at radius 3 is 1.19 bits per heavy atom. The fourth-order valence-corrected chi connectivity index (χ4v) is 9.78. The molecule has 0 aliphatic carbocycles. The van der Waals surface area contributed by atoms with E-state index in [0.717, 1.165) is 48.5 Å². The number of rotatable bonds is 5. The fraction of sp³-hybridized carbons (Fsp3) is 0.143. The van der Waals surface area contributed by atoms with E-state index >= 15 is 0 Å². The van der Waals surface area contributed by atoms with Crippen LogP contribution in [-0.4, -0.2) is 34.7 Å². The molecule has 6 nitrogen and oxygen atoms in total. The summed E-state index contributed by atoms with van der Waals surface area (Å²) in [6.45, 7) is 0. The average Bonchev–Trinajstić information content (AvgIpc) is 2.54. The first-order valence-electron chi connectivity index (χ1n) is 6.71. The molecule has 12 heteroatoms. The van der Waals surface area contributed by atoms with Crippen LogP contribution in [0.3, 0.4) is 0 Å². The van der Waals surface area contributed by atoms with Crippen LogP contribution in [0.5, 0.6) is 0 Å². The lowest BCUT2D eigenvalue weighted by atomic mass is 10.4. The molecule has 0 aliphatic heterocycles. The van der Waals surface area contributed by atoms with E-state index in [0.29, 0.717) is 0 Å². The van der Waals surface area contributed by atoms with E-state index in [1.54, 1.807) is 0 Å². The van der Waals surface area contributed by atoms with Gasteiger partial charge in [0.25, 0.3) is 13.8 Å². The first kappa shape index (κ1) is 20.4. The highest BCUT2D eigenvalue weighted by Crippen LogP contribution is 2.37. The van der Waals surface area contributed by atoms with E-state index < -0.39 is 48.7 Å². The monoisotopic (exact) mass is 428 g/mol. The Labute approximate surface area is 148 Å². The predicted octanol–water partition coefficient (Wildman–Crippen LogP) is 2.15. The smallest absolute Gasteiger partial charge is 0.221 e. The summed E-state index contributed by atoms with van der Waals surface area (Å²) in [6, 6.07) is 10.4. The van der Waals surface area contributed by atoms with Crippen molar-refractivity contribution in [2.24, 2.45) is 0 Å². The molecule has 0 heterocycles. The Morgan fingerprint density at radius 1 is 0.615 bits per heavy atom. The van der Waals surface area contributed by atoms with Gasteiger partial charge in [-0.2, -0.15) is 13.2 Å². The van der Waals surface area contributed by atoms with E-state index in [1.165, 1.54) is 12.1 Å². The van der Waals surface area contributed by atoms with Crippen LogP contribution in [0.4, 0.5) is 13.2 Å². The van der Waals surface area contributed by atoms with Gasteiger partial charge in [0.2, 0.25) is 19.7 Å². The molecule has 0 saturated heterocycles. The van der Waals surface area contributed by atoms with Crippen molar-refractivity contribution in [3.63, 3.8) is 0 Å². The SMILES string of the molecule is O=S(=O)(c1ccccc1)C(S(=O)(=O)c1ccccc1)S(=O)(=O)C(F)(F)F. The first-order valence-corrected chi connectivity index (χ1v) is 11.3. The Bertz CT molecular complexity index is 1020. The van der Waals surface area contributed by atoms with Gasteiger partial charge in [0.15, 0.2) is 0 Å². The average molecular weight is 428 g/mol. The van der Waals surface area contributed by atoms with Crippen molar-refractivity contribution in [3.8, 4) is 0 Å². The van der Waals surface area contributed by atoms with Gasteiger partial charge in [-0.15, -0.1) is 0 Å². The summed E-state index contributed by atoms with van der Waals surface area (Å²) < 4.78 is 110. The maximum Gasteiger partial charge on any atom is 0.499 e. The van der Waals surface area contributed by atoms with Crippen LogP contribution in [-0.2, 0) is 29.5 Å². The maximum atomic E-state index is 13.1. The van der Waals surface area contributed by atoms with Crippen LogP contribution >= 0.6 is 0 Å². The van der Waals surface area contributed by atoms with Gasteiger partial charge in [-0.05, 0) is 24.3 Å². The van der Waals surface area contributed by atoms with Gasteiger partial charge in [0.05, 0.1) is 9.79 Å². The Balaban J connectivity index is 2.87. The molecule has 2 aromatic carbocycles. The summed E-state index contributed by atoms with van der Waals surface area (Å²) >= 11 is 0. The highest BCUT2D eigenvalue weighted by Gasteiger charge is 2.61. The molecule has 0 aliphatic rings. The summed E-state index contributed by atoms with van der Waals surface area (Å²) in [6.07, 6.45) is 0. The van der Waals surface area contributed by atoms with Crippen LogP contribution in [0.15, 0.2) is 70.5 Å². The molecule has 0 saturated carbocycles. The third-order valence-electron chi connectivity index (χ3n) is 3.23. The summed E-state index contributed by atoms with van der Waals surface area (Å²) in [5.74, 6) is 0. The molecule has 0 amide bonds. The van der Waals surface area contributed by atoms with Crippen molar-refractivity contribution < 1.29 is 38.4 Å². The van der Waals surface area contributed by atoms with Gasteiger partial charge in [-0.25, -0.2) is 25.3 Å². The van der Waals surface area contributed by atoms with Gasteiger partial charge in [0.1, 0.15) is 0 Å². The zero-order valence-electron chi connectivity index (χ0n) is 12.7. The molecule has 0 atom stereocenters. The topological polar surface area (TPSA) is 102 Å². The van der Waals surface area contributed by atoms with Crippen LogP contribution in [0.25, 0.3) is 0 Å². The number of halogens is 3. The molecule has 0 radical (unpaired) electrons. The van der Waals surface area contributed by atoms with E-state index in [2.05, 4.69) is 0 Å². The van der Waals surface area contributed by atoms with Crippen LogP contribution in [0.1, 0.15) is 0 Å². The fourth-order valence-electron chi connectivity index (χ4n) is 2.05. The highest BCUT2D eigenvalue weighted by molar-refractivity contribution is 8.24. The molecule has 2 aromatic rings. The molecule has 0 aromatic heterocycles. The molecular weight excluding hydrogens is 417 g/mol. The maximum absolute atomic E-state index is 13.1. The molecule has 0 fully saturated rings. The van der Waals surface area contributed by atoms with Gasteiger partial charge in [0, 0.05) is 0 Å². The second-order valence-electron chi connectivity index (χ2n) is 5.00. The third kappa shape index (κ3) is 3.48. The number of hydrogen-bond acceptors (Lipinski definition) is 6. The summed E-state index contributed by atoms with van der Waals surface area (Å²) in [5, 5.41) is 0. The predicted molar refractivity (Wildman–Crippen MR) is 86.0 cm³/mol. The molecular formula is C14H11F3O6S3. The van der Waals surface area contributed by atoms with Crippen molar-refractivity contribution in [2.75, 3.05) is 0 Å². The van der Waals surface area contributed by atoms with Crippen molar-refractivity contribution in [2.45, 2.75) is 19.2 Å². The lowest BCUT2D eigenvalue weighted by Crippen LogP contribution is -2.44. The normalized spacial score (nSPS) is 13.7. The quantitative estimate of drug-likeness (QED) is 0.723. The second-order valence-corrected chi connectivity index (χ2v) is 12.0. The minimum absolute atomic E-state index is 0.814. The van der Waals surface area contributed by atoms with Gasteiger partial charge >= 0.3 is 5.51 Å². The summed E-state index contributed by atoms with van der Waals surface area (Å²) in [4.78, 5) is -1.73. The molecule has 0 unspecified atom stereocenters. The molecule has 0 N–H and O–H groups in total. The standard InChI is InChI=1S/C14H11F3O6S3/c15-14(16,17)26(22,23)13(24(18,19)11-7-3-1-4-8-11)25(20,21)12-9-5-2-6-10-12/h1-10,13H. The minimum Gasteiger partial charge on any atom is -0.221 e. The Morgan fingerprint density at radius 2 is 0.923 bits per heavy atom. The molecule has 0 spiro atoms. The number of alkyl halides is 3. The van der Waals surface area contributed by atoms with E-state index in [4.69, 9.17) is 0 Å². The summed E-state index contributed by atoms with van der Waals surface area (Å²) in [5.41, 5.74) is -6.10. The van der Waals surface area contributed by atoms with Crippen molar-refractivity contribution in [3.05, 3.63) is 60.7 Å². The number of hydrogen-bond donors (Lipinski definition) is 0. The first-order chi connectivity index (χ1) is 11.8. The number of sulfone groups is 3. The van der Waals surface area contributed by atoms with Gasteiger partial charge in [-0.3, -0.25) is 0 Å². The number of benzene rings is 2. The second kappa shape index (κ2) is 6.67. The van der Waals surface area contributed by atoms with E-state index in [-0.39, 0.29) is 0 Å². The van der Waals surface area contributed by atoms with E-state index in [9.17, 15) is 38.4 Å². The van der Waals surface area contributed by atoms with E-state index in [1.807, 2.05) is 0 Å². The van der Waals surface area contributed by atoms with Crippen LogP contribution < -0.4 is 0 Å². The zero-order valence-corrected chi connectivity index (χ0v) is 15.1. The molecule has 142 valence electrons. The highest BCUT2D eigenvalue weighted by atomic mass is 32.3. The van der Waals surface area contributed by atoms with Crippen LogP contribution in [0.2, 0.25) is 0 Å². The Kier molecular flexibility index (Phi) is 5.23. The largest absolute Gasteiger partial charge is 0.499 e. The van der Waals surface area contributed by atoms with Gasteiger partial charge in [-0.1, -0.05) is 36.4 Å². The third-order valence-corrected chi connectivity index (χ3v) is 11.8. The van der Waals surface area contributed by atoms with Crippen molar-refractivity contribution >= 4 is 29.5 Å². The van der Waals surface area contributed by atoms with Crippen LogP contribution in [0, 0.1) is 0 Å². The Hall–Kier alpha value is -1.92. The minimum atomic E-state index is -6.63. The lowest BCUT2D eigenvalue weighted by molar-refractivity contribution is -0.0434. The lowest BCUT2D eigenvalue weighted by Gasteiger charge is -2.20. The van der Waals surface area contributed by atoms with Crippen molar-refractivity contribution in [1.82, 2.24) is 0 Å². The molecule has 26 heavy (non-hydrogen) atoms. The van der Waals surface area contributed by atoms with Gasteiger partial charge < -0.3 is 0 Å². The zero-order chi connectivity index (χ0) is 19.8. The summed E-state index contributed by atoms with van der Waals surface area (Å²) in [7, 11) is -17.5. The molecule has 2 rings (SSSR count).